The van der Waals surface area contributed by atoms with Gasteiger partial charge in [-0.2, -0.15) is 4.73 Å². The van der Waals surface area contributed by atoms with Crippen LogP contribution in [0.5, 0.6) is 0 Å². The fraction of sp³-hybridized carbons (Fsp3) is 0. The fourth-order valence-electron chi connectivity index (χ4n) is 1.40. The van der Waals surface area contributed by atoms with Crippen molar-refractivity contribution in [3.8, 4) is 0 Å². The number of hydrogen-bond acceptors (Lipinski definition) is 3. The van der Waals surface area contributed by atoms with Gasteiger partial charge in [-0.05, 0) is 28.1 Å². The van der Waals surface area contributed by atoms with E-state index in [-0.39, 0.29) is 11.2 Å². The summed E-state index contributed by atoms with van der Waals surface area (Å²) >= 11 is 3.24. The van der Waals surface area contributed by atoms with Crippen molar-refractivity contribution in [2.75, 3.05) is 0 Å². The van der Waals surface area contributed by atoms with E-state index in [1.807, 2.05) is 0 Å². The lowest BCUT2D eigenvalue weighted by atomic mass is 10.2. The summed E-state index contributed by atoms with van der Waals surface area (Å²) in [5, 5.41) is 22.7. The van der Waals surface area contributed by atoms with E-state index >= 15 is 0 Å². The molecule has 0 bridgehead atoms. The van der Waals surface area contributed by atoms with E-state index in [0.29, 0.717) is 14.6 Å². The molecule has 2 rings (SSSR count). The second-order valence-corrected chi connectivity index (χ2v) is 3.77. The van der Waals surface area contributed by atoms with Crippen LogP contribution in [0.15, 0.2) is 34.9 Å². The predicted octanol–water partition coefficient (Wildman–Crippen LogP) is 2.14. The Hall–Kier alpha value is -1.69. The minimum absolute atomic E-state index is 0.0666. The standard InChI is InChI=1S/C9H5BrN2O3/c10-7-3-4-8(12(14)15)9-6(7)2-1-5-11(9)13/h1-5H. The largest absolute Gasteiger partial charge is 0.618 e. The Kier molecular flexibility index (Phi) is 2.28. The first kappa shape index (κ1) is 9.85. The van der Waals surface area contributed by atoms with Gasteiger partial charge in [0.1, 0.15) is 0 Å². The lowest BCUT2D eigenvalue weighted by Gasteiger charge is -2.02. The average molecular weight is 269 g/mol. The van der Waals surface area contributed by atoms with Crippen LogP contribution in [-0.2, 0) is 0 Å². The normalized spacial score (nSPS) is 10.5. The number of hydrogen-bond donors (Lipinski definition) is 0. The van der Waals surface area contributed by atoms with Gasteiger partial charge in [0.15, 0.2) is 6.20 Å². The third-order valence-electron chi connectivity index (χ3n) is 2.04. The molecule has 1 aromatic carbocycles. The van der Waals surface area contributed by atoms with Crippen LogP contribution in [0.2, 0.25) is 0 Å². The highest BCUT2D eigenvalue weighted by atomic mass is 79.9. The maximum absolute atomic E-state index is 11.4. The summed E-state index contributed by atoms with van der Waals surface area (Å²) in [7, 11) is 0. The Morgan fingerprint density at radius 1 is 1.33 bits per heavy atom. The smallest absolute Gasteiger partial charge is 0.341 e. The monoisotopic (exact) mass is 268 g/mol. The van der Waals surface area contributed by atoms with Crippen LogP contribution < -0.4 is 4.73 Å². The Balaban J connectivity index is 2.96. The number of non-ortho nitro benzene ring substituents is 1. The average Bonchev–Trinajstić information content (AvgIpc) is 2.19. The topological polar surface area (TPSA) is 70.1 Å². The first-order valence-electron chi connectivity index (χ1n) is 4.06. The number of nitro benzene ring substituents is 1. The molecule has 2 aromatic rings. The molecule has 0 atom stereocenters. The van der Waals surface area contributed by atoms with Crippen molar-refractivity contribution in [2.24, 2.45) is 0 Å². The first-order valence-corrected chi connectivity index (χ1v) is 4.85. The van der Waals surface area contributed by atoms with E-state index in [4.69, 9.17) is 0 Å². The van der Waals surface area contributed by atoms with Gasteiger partial charge in [-0.1, -0.05) is 0 Å². The summed E-state index contributed by atoms with van der Waals surface area (Å²) in [5.74, 6) is 0. The highest BCUT2D eigenvalue weighted by Crippen LogP contribution is 2.28. The molecule has 0 radical (unpaired) electrons. The molecule has 6 heteroatoms. The number of nitro groups is 1. The lowest BCUT2D eigenvalue weighted by Crippen LogP contribution is -2.26. The van der Waals surface area contributed by atoms with E-state index in [2.05, 4.69) is 15.9 Å². The zero-order valence-electron chi connectivity index (χ0n) is 7.38. The van der Waals surface area contributed by atoms with Crippen LogP contribution in [0, 0.1) is 15.3 Å². The number of nitrogens with zero attached hydrogens (tertiary/aromatic N) is 2. The van der Waals surface area contributed by atoms with Gasteiger partial charge in [0.25, 0.3) is 0 Å². The molecular formula is C9H5BrN2O3. The molecule has 1 aromatic heterocycles. The van der Waals surface area contributed by atoms with Crippen molar-refractivity contribution in [2.45, 2.75) is 0 Å². The van der Waals surface area contributed by atoms with Crippen LogP contribution in [0.1, 0.15) is 0 Å². The van der Waals surface area contributed by atoms with Crippen molar-refractivity contribution in [3.05, 3.63) is 50.3 Å². The number of benzene rings is 1. The number of aromatic nitrogens is 1. The van der Waals surface area contributed by atoms with Crippen LogP contribution in [0.25, 0.3) is 10.9 Å². The summed E-state index contributed by atoms with van der Waals surface area (Å²) in [6.07, 6.45) is 1.24. The lowest BCUT2D eigenvalue weighted by molar-refractivity contribution is -0.580. The summed E-state index contributed by atoms with van der Waals surface area (Å²) in [5.41, 5.74) is -0.124. The quantitative estimate of drug-likeness (QED) is 0.344. The Morgan fingerprint density at radius 3 is 2.73 bits per heavy atom. The molecule has 0 N–H and O–H groups in total. The highest BCUT2D eigenvalue weighted by Gasteiger charge is 2.20. The zero-order chi connectivity index (χ0) is 11.0. The highest BCUT2D eigenvalue weighted by molar-refractivity contribution is 9.10. The van der Waals surface area contributed by atoms with E-state index in [9.17, 15) is 15.3 Å². The third-order valence-corrected chi connectivity index (χ3v) is 2.74. The predicted molar refractivity (Wildman–Crippen MR) is 57.3 cm³/mol. The summed E-state index contributed by atoms with van der Waals surface area (Å²) in [4.78, 5) is 10.2. The van der Waals surface area contributed by atoms with Crippen molar-refractivity contribution in [3.63, 3.8) is 0 Å². The number of rotatable bonds is 1. The van der Waals surface area contributed by atoms with Crippen molar-refractivity contribution < 1.29 is 9.65 Å². The van der Waals surface area contributed by atoms with E-state index < -0.39 is 4.92 Å². The molecule has 0 saturated carbocycles. The Labute approximate surface area is 92.8 Å². The molecule has 0 fully saturated rings. The van der Waals surface area contributed by atoms with Gasteiger partial charge in [0, 0.05) is 16.6 Å². The van der Waals surface area contributed by atoms with Crippen molar-refractivity contribution >= 4 is 32.5 Å². The molecule has 15 heavy (non-hydrogen) atoms. The minimum Gasteiger partial charge on any atom is -0.618 e. The molecule has 0 saturated heterocycles. The summed E-state index contributed by atoms with van der Waals surface area (Å²) < 4.78 is 1.16. The molecule has 1 heterocycles. The van der Waals surface area contributed by atoms with Gasteiger partial charge in [-0.3, -0.25) is 10.1 Å². The van der Waals surface area contributed by atoms with Crippen LogP contribution in [0.4, 0.5) is 5.69 Å². The van der Waals surface area contributed by atoms with E-state index in [1.165, 1.54) is 12.3 Å². The zero-order valence-corrected chi connectivity index (χ0v) is 8.97. The van der Waals surface area contributed by atoms with Crippen molar-refractivity contribution in [1.29, 1.82) is 0 Å². The molecule has 0 spiro atoms. The fourth-order valence-corrected chi connectivity index (χ4v) is 1.85. The molecule has 0 aliphatic heterocycles. The molecule has 0 amide bonds. The van der Waals surface area contributed by atoms with Gasteiger partial charge < -0.3 is 5.21 Å². The number of halogens is 1. The Morgan fingerprint density at radius 2 is 2.07 bits per heavy atom. The molecule has 76 valence electrons. The SMILES string of the molecule is O=[N+]([O-])c1ccc(Br)c2ccc[n+]([O-])c12. The summed E-state index contributed by atoms with van der Waals surface area (Å²) in [6.45, 7) is 0. The van der Waals surface area contributed by atoms with E-state index in [0.717, 1.165) is 0 Å². The van der Waals surface area contributed by atoms with Crippen LogP contribution >= 0.6 is 15.9 Å². The van der Waals surface area contributed by atoms with Gasteiger partial charge >= 0.3 is 11.2 Å². The van der Waals surface area contributed by atoms with Gasteiger partial charge in [0.05, 0.1) is 10.3 Å². The second-order valence-electron chi connectivity index (χ2n) is 2.92. The molecule has 5 nitrogen and oxygen atoms in total. The molecular weight excluding hydrogens is 264 g/mol. The number of fused-ring (bicyclic) bond motifs is 1. The number of pyridine rings is 1. The van der Waals surface area contributed by atoms with Gasteiger partial charge in [-0.25, -0.2) is 0 Å². The minimum atomic E-state index is -0.566. The first-order chi connectivity index (χ1) is 7.11. The van der Waals surface area contributed by atoms with Gasteiger partial charge in [0.2, 0.25) is 0 Å². The Bertz CT molecular complexity index is 556. The van der Waals surface area contributed by atoms with E-state index in [1.54, 1.807) is 18.2 Å². The van der Waals surface area contributed by atoms with Gasteiger partial charge in [-0.15, -0.1) is 0 Å². The van der Waals surface area contributed by atoms with Crippen LogP contribution in [-0.4, -0.2) is 4.92 Å². The summed E-state index contributed by atoms with van der Waals surface area (Å²) in [6, 6.07) is 6.06. The maximum Gasteiger partial charge on any atom is 0.341 e. The molecule has 0 unspecified atom stereocenters. The third kappa shape index (κ3) is 1.52. The van der Waals surface area contributed by atoms with Crippen molar-refractivity contribution in [1.82, 2.24) is 0 Å². The molecule has 0 aliphatic rings. The molecule has 0 aliphatic carbocycles. The van der Waals surface area contributed by atoms with Crippen LogP contribution in [0.3, 0.4) is 0 Å². The maximum atomic E-state index is 11.4. The second kappa shape index (κ2) is 3.47.